The SMILES string of the molecule is CC(C)N1C/C(=C\c2ccc(F)cc2)C(=O)/C(=C/c2ccc(F)cc2)C1. The van der Waals surface area contributed by atoms with Crippen LogP contribution < -0.4 is 0 Å². The number of likely N-dealkylation sites (tertiary alicyclic amines) is 1. The quantitative estimate of drug-likeness (QED) is 0.744. The molecule has 0 aliphatic carbocycles. The van der Waals surface area contributed by atoms with Gasteiger partial charge in [-0.25, -0.2) is 8.78 Å². The van der Waals surface area contributed by atoms with Gasteiger partial charge < -0.3 is 0 Å². The lowest BCUT2D eigenvalue weighted by atomic mass is 9.93. The van der Waals surface area contributed by atoms with E-state index in [0.717, 1.165) is 11.1 Å². The Kier molecular flexibility index (Phi) is 5.43. The van der Waals surface area contributed by atoms with Gasteiger partial charge in [-0.15, -0.1) is 0 Å². The van der Waals surface area contributed by atoms with Gasteiger partial charge in [0.25, 0.3) is 0 Å². The largest absolute Gasteiger partial charge is 0.292 e. The second kappa shape index (κ2) is 7.75. The van der Waals surface area contributed by atoms with Crippen LogP contribution in [0.5, 0.6) is 0 Å². The summed E-state index contributed by atoms with van der Waals surface area (Å²) in [5.74, 6) is -0.624. The molecule has 0 N–H and O–H groups in total. The van der Waals surface area contributed by atoms with Crippen molar-refractivity contribution in [3.63, 3.8) is 0 Å². The molecule has 0 spiro atoms. The Labute approximate surface area is 152 Å². The van der Waals surface area contributed by atoms with Crippen LogP contribution >= 0.6 is 0 Å². The zero-order chi connectivity index (χ0) is 18.7. The van der Waals surface area contributed by atoms with Crippen molar-refractivity contribution in [1.29, 1.82) is 0 Å². The molecule has 1 saturated heterocycles. The van der Waals surface area contributed by atoms with Crippen molar-refractivity contribution in [1.82, 2.24) is 4.90 Å². The fraction of sp³-hybridized carbons (Fsp3) is 0.227. The van der Waals surface area contributed by atoms with Gasteiger partial charge >= 0.3 is 0 Å². The summed E-state index contributed by atoms with van der Waals surface area (Å²) in [5.41, 5.74) is 2.93. The number of halogens is 2. The molecule has 3 rings (SSSR count). The first-order valence-corrected chi connectivity index (χ1v) is 8.63. The maximum Gasteiger partial charge on any atom is 0.187 e. The predicted molar refractivity (Wildman–Crippen MR) is 100 cm³/mol. The molecule has 134 valence electrons. The molecule has 2 aromatic carbocycles. The highest BCUT2D eigenvalue weighted by atomic mass is 19.1. The van der Waals surface area contributed by atoms with E-state index in [1.54, 1.807) is 24.3 Å². The number of carbonyl (C=O) groups excluding carboxylic acids is 1. The molecule has 0 atom stereocenters. The van der Waals surface area contributed by atoms with E-state index in [0.29, 0.717) is 24.2 Å². The lowest BCUT2D eigenvalue weighted by molar-refractivity contribution is -0.113. The zero-order valence-electron chi connectivity index (χ0n) is 14.9. The summed E-state index contributed by atoms with van der Waals surface area (Å²) in [5, 5.41) is 0. The van der Waals surface area contributed by atoms with Gasteiger partial charge in [-0.1, -0.05) is 24.3 Å². The van der Waals surface area contributed by atoms with Crippen LogP contribution in [-0.4, -0.2) is 29.8 Å². The van der Waals surface area contributed by atoms with Crippen molar-refractivity contribution in [2.75, 3.05) is 13.1 Å². The Balaban J connectivity index is 1.95. The number of carbonyl (C=O) groups is 1. The first-order chi connectivity index (χ1) is 12.4. The van der Waals surface area contributed by atoms with Gasteiger partial charge in [0.2, 0.25) is 0 Å². The van der Waals surface area contributed by atoms with Crippen LogP contribution in [0.15, 0.2) is 59.7 Å². The molecule has 0 unspecified atom stereocenters. The van der Waals surface area contributed by atoms with Gasteiger partial charge in [0.1, 0.15) is 11.6 Å². The molecule has 2 nitrogen and oxygen atoms in total. The summed E-state index contributed by atoms with van der Waals surface area (Å²) >= 11 is 0. The molecule has 1 aliphatic heterocycles. The standard InChI is InChI=1S/C22H21F2NO/c1-15(2)25-13-18(11-16-3-7-20(23)8-4-16)22(26)19(14-25)12-17-5-9-21(24)10-6-17/h3-12,15H,13-14H2,1-2H3/b18-11+,19-12+. The number of Topliss-reactive ketones (excluding diaryl/α,β-unsaturated/α-hetero) is 1. The fourth-order valence-corrected chi connectivity index (χ4v) is 2.95. The average molecular weight is 353 g/mol. The molecule has 1 heterocycles. The van der Waals surface area contributed by atoms with Gasteiger partial charge in [-0.2, -0.15) is 0 Å². The van der Waals surface area contributed by atoms with Gasteiger partial charge in [0.15, 0.2) is 5.78 Å². The molecule has 2 aromatic rings. The minimum absolute atomic E-state index is 0.0180. The van der Waals surface area contributed by atoms with Crippen molar-refractivity contribution in [2.45, 2.75) is 19.9 Å². The van der Waals surface area contributed by atoms with Gasteiger partial charge in [0, 0.05) is 30.3 Å². The molecule has 4 heteroatoms. The van der Waals surface area contributed by atoms with Crippen LogP contribution in [0.1, 0.15) is 25.0 Å². The van der Waals surface area contributed by atoms with Crippen molar-refractivity contribution >= 4 is 17.9 Å². The minimum atomic E-state index is -0.303. The number of rotatable bonds is 3. The third-order valence-corrected chi connectivity index (χ3v) is 4.48. The number of nitrogens with zero attached hydrogens (tertiary/aromatic N) is 1. The van der Waals surface area contributed by atoms with E-state index in [4.69, 9.17) is 0 Å². The molecule has 0 amide bonds. The normalized spacial score (nSPS) is 18.9. The summed E-state index contributed by atoms with van der Waals surface area (Å²) in [4.78, 5) is 15.1. The van der Waals surface area contributed by atoms with Crippen LogP contribution in [-0.2, 0) is 4.79 Å². The zero-order valence-corrected chi connectivity index (χ0v) is 14.9. The first-order valence-electron chi connectivity index (χ1n) is 8.63. The van der Waals surface area contributed by atoms with E-state index in [9.17, 15) is 13.6 Å². The second-order valence-corrected chi connectivity index (χ2v) is 6.77. The molecule has 0 bridgehead atoms. The maximum absolute atomic E-state index is 13.1. The summed E-state index contributed by atoms with van der Waals surface area (Å²) < 4.78 is 26.2. The molecule has 0 radical (unpaired) electrons. The van der Waals surface area contributed by atoms with Crippen LogP contribution in [0.3, 0.4) is 0 Å². The van der Waals surface area contributed by atoms with Crippen molar-refractivity contribution in [2.24, 2.45) is 0 Å². The van der Waals surface area contributed by atoms with E-state index >= 15 is 0 Å². The van der Waals surface area contributed by atoms with Crippen LogP contribution in [0.4, 0.5) is 8.78 Å². The highest BCUT2D eigenvalue weighted by molar-refractivity contribution is 6.14. The summed E-state index contributed by atoms with van der Waals surface area (Å²) in [6, 6.07) is 12.5. The van der Waals surface area contributed by atoms with E-state index in [2.05, 4.69) is 18.7 Å². The van der Waals surface area contributed by atoms with Crippen molar-refractivity contribution in [3.05, 3.63) is 82.4 Å². The average Bonchev–Trinajstić information content (AvgIpc) is 2.62. The molecule has 0 saturated carbocycles. The van der Waals surface area contributed by atoms with E-state index in [-0.39, 0.29) is 23.5 Å². The van der Waals surface area contributed by atoms with Crippen LogP contribution in [0.25, 0.3) is 12.2 Å². The number of piperidine rings is 1. The highest BCUT2D eigenvalue weighted by Gasteiger charge is 2.27. The van der Waals surface area contributed by atoms with Gasteiger partial charge in [-0.3, -0.25) is 9.69 Å². The lowest BCUT2D eigenvalue weighted by Gasteiger charge is -2.32. The summed E-state index contributed by atoms with van der Waals surface area (Å²) in [6.07, 6.45) is 3.63. The van der Waals surface area contributed by atoms with Crippen LogP contribution in [0, 0.1) is 11.6 Å². The van der Waals surface area contributed by atoms with E-state index in [1.807, 2.05) is 12.2 Å². The molecule has 1 fully saturated rings. The Morgan fingerprint density at radius 1 is 0.808 bits per heavy atom. The lowest BCUT2D eigenvalue weighted by Crippen LogP contribution is -2.41. The molecule has 26 heavy (non-hydrogen) atoms. The third kappa shape index (κ3) is 4.33. The van der Waals surface area contributed by atoms with Crippen LogP contribution in [0.2, 0.25) is 0 Å². The Hall–Kier alpha value is -2.59. The van der Waals surface area contributed by atoms with Gasteiger partial charge in [-0.05, 0) is 61.4 Å². The van der Waals surface area contributed by atoms with Crippen molar-refractivity contribution in [3.8, 4) is 0 Å². The number of ketones is 1. The summed E-state index contributed by atoms with van der Waals surface area (Å²) in [7, 11) is 0. The smallest absolute Gasteiger partial charge is 0.187 e. The molecular weight excluding hydrogens is 332 g/mol. The highest BCUT2D eigenvalue weighted by Crippen LogP contribution is 2.23. The molecule has 1 aliphatic rings. The molecule has 0 aromatic heterocycles. The topological polar surface area (TPSA) is 20.3 Å². The Morgan fingerprint density at radius 3 is 1.54 bits per heavy atom. The Bertz CT molecular complexity index is 781. The maximum atomic E-state index is 13.1. The summed E-state index contributed by atoms with van der Waals surface area (Å²) in [6.45, 7) is 5.27. The number of benzene rings is 2. The Morgan fingerprint density at radius 2 is 1.19 bits per heavy atom. The fourth-order valence-electron chi connectivity index (χ4n) is 2.95. The third-order valence-electron chi connectivity index (χ3n) is 4.48. The van der Waals surface area contributed by atoms with Crippen molar-refractivity contribution < 1.29 is 13.6 Å². The second-order valence-electron chi connectivity index (χ2n) is 6.77. The van der Waals surface area contributed by atoms with Gasteiger partial charge in [0.05, 0.1) is 0 Å². The van der Waals surface area contributed by atoms with E-state index < -0.39 is 0 Å². The number of hydrogen-bond acceptors (Lipinski definition) is 2. The minimum Gasteiger partial charge on any atom is -0.292 e. The van der Waals surface area contributed by atoms with E-state index in [1.165, 1.54) is 24.3 Å². The predicted octanol–water partition coefficient (Wildman–Crippen LogP) is 4.72. The first kappa shape index (κ1) is 18.2. The molecular formula is C22H21F2NO. The monoisotopic (exact) mass is 353 g/mol. The number of hydrogen-bond donors (Lipinski definition) is 0.